The molecule has 0 radical (unpaired) electrons. The molecule has 1 saturated heterocycles. The van der Waals surface area contributed by atoms with Crippen molar-refractivity contribution >= 4 is 50.4 Å². The third-order valence-electron chi connectivity index (χ3n) is 7.57. The number of amides is 2. The highest BCUT2D eigenvalue weighted by molar-refractivity contribution is 7.19. The van der Waals surface area contributed by atoms with Crippen molar-refractivity contribution in [1.29, 1.82) is 0 Å². The van der Waals surface area contributed by atoms with Crippen molar-refractivity contribution in [2.24, 2.45) is 5.92 Å². The largest absolute Gasteiger partial charge is 0.384 e. The number of carbonyl (C=O) groups is 2. The summed E-state index contributed by atoms with van der Waals surface area (Å²) in [7, 11) is 0. The van der Waals surface area contributed by atoms with Crippen molar-refractivity contribution in [1.82, 2.24) is 19.9 Å². The van der Waals surface area contributed by atoms with E-state index >= 15 is 0 Å². The lowest BCUT2D eigenvalue weighted by Crippen LogP contribution is -2.37. The number of thiophene rings is 1. The van der Waals surface area contributed by atoms with Crippen molar-refractivity contribution < 1.29 is 14.0 Å². The van der Waals surface area contributed by atoms with Gasteiger partial charge in [0, 0.05) is 40.2 Å². The van der Waals surface area contributed by atoms with E-state index in [0.717, 1.165) is 15.0 Å². The highest BCUT2D eigenvalue weighted by atomic mass is 32.1. The number of carbonyl (C=O) groups excluding carboxylic acids is 2. The zero-order valence-electron chi connectivity index (χ0n) is 21.8. The molecule has 3 aromatic heterocycles. The number of fused-ring (bicyclic) bond motifs is 2. The van der Waals surface area contributed by atoms with Crippen LogP contribution >= 0.6 is 11.3 Å². The Morgan fingerprint density at radius 2 is 2.00 bits per heavy atom. The summed E-state index contributed by atoms with van der Waals surface area (Å²) < 4.78 is 16.6. The van der Waals surface area contributed by atoms with Gasteiger partial charge >= 0.3 is 0 Å². The summed E-state index contributed by atoms with van der Waals surface area (Å²) in [6.45, 7) is 3.10. The van der Waals surface area contributed by atoms with Crippen molar-refractivity contribution in [3.63, 3.8) is 0 Å². The Balaban J connectivity index is 1.15. The SMILES string of the molecule is C[C@@H]1C[C@@H](C(=O)NCc2cc3cnc(N)cc3s2)n2c1ncc(NC(=O)[C@@H]1CCN(c3ccccc3F)C1)c2=O. The lowest BCUT2D eigenvalue weighted by molar-refractivity contribution is -0.124. The molecule has 2 amide bonds. The van der Waals surface area contributed by atoms with Gasteiger partial charge in [0.05, 0.1) is 24.3 Å². The van der Waals surface area contributed by atoms with E-state index in [9.17, 15) is 18.8 Å². The lowest BCUT2D eigenvalue weighted by Gasteiger charge is -2.19. The van der Waals surface area contributed by atoms with Gasteiger partial charge < -0.3 is 21.3 Å². The van der Waals surface area contributed by atoms with Crippen LogP contribution in [-0.4, -0.2) is 39.4 Å². The Labute approximate surface area is 233 Å². The van der Waals surface area contributed by atoms with Gasteiger partial charge in [-0.15, -0.1) is 11.3 Å². The van der Waals surface area contributed by atoms with Crippen molar-refractivity contribution in [3.05, 3.63) is 75.7 Å². The van der Waals surface area contributed by atoms with Crippen LogP contribution in [0.1, 0.15) is 42.4 Å². The van der Waals surface area contributed by atoms with Gasteiger partial charge in [-0.3, -0.25) is 19.0 Å². The molecule has 3 atom stereocenters. The summed E-state index contributed by atoms with van der Waals surface area (Å²) in [6, 6.07) is 9.47. The minimum absolute atomic E-state index is 0.0274. The van der Waals surface area contributed by atoms with Crippen molar-refractivity contribution in [2.45, 2.75) is 38.3 Å². The maximum Gasteiger partial charge on any atom is 0.278 e. The molecule has 0 spiro atoms. The molecule has 2 aliphatic rings. The summed E-state index contributed by atoms with van der Waals surface area (Å²) in [5.41, 5.74) is 5.79. The smallest absolute Gasteiger partial charge is 0.278 e. The second-order valence-corrected chi connectivity index (χ2v) is 11.5. The van der Waals surface area contributed by atoms with Crippen molar-refractivity contribution in [3.8, 4) is 0 Å². The summed E-state index contributed by atoms with van der Waals surface area (Å²) in [5, 5.41) is 6.61. The summed E-state index contributed by atoms with van der Waals surface area (Å²) >= 11 is 1.52. The Morgan fingerprint density at radius 3 is 2.83 bits per heavy atom. The molecule has 6 rings (SSSR count). The molecule has 1 aromatic carbocycles. The minimum Gasteiger partial charge on any atom is -0.384 e. The molecule has 12 heteroatoms. The quantitative estimate of drug-likeness (QED) is 0.328. The number of nitrogen functional groups attached to an aromatic ring is 1. The van der Waals surface area contributed by atoms with Gasteiger partial charge in [0.15, 0.2) is 0 Å². The first-order valence-corrected chi connectivity index (χ1v) is 13.9. The van der Waals surface area contributed by atoms with Crippen LogP contribution in [0.25, 0.3) is 10.1 Å². The molecule has 1 fully saturated rings. The fourth-order valence-corrected chi connectivity index (χ4v) is 6.54. The molecule has 5 heterocycles. The number of nitrogens with one attached hydrogen (secondary N) is 2. The first kappa shape index (κ1) is 25.9. The zero-order chi connectivity index (χ0) is 28.0. The number of halogens is 1. The number of rotatable bonds is 6. The maximum absolute atomic E-state index is 14.2. The van der Waals surface area contributed by atoms with Gasteiger partial charge in [-0.1, -0.05) is 19.1 Å². The van der Waals surface area contributed by atoms with Gasteiger partial charge in [-0.05, 0) is 37.1 Å². The third kappa shape index (κ3) is 4.79. The standard InChI is InChI=1S/C28H28FN7O3S/c1-15-8-22(27(38)33-12-18-9-17-11-31-24(30)10-23(17)40-18)36-25(15)32-13-20(28(36)39)34-26(37)16-6-7-35(14-16)21-5-3-2-4-19(21)29/h2-5,9-11,13,15-16,22H,6-8,12,14H2,1H3,(H2,30,31)(H,33,38)(H,34,37)/t15-,16-,22+/m1/s1. The van der Waals surface area contributed by atoms with Crippen LogP contribution in [0.5, 0.6) is 0 Å². The number of nitrogens with two attached hydrogens (primary N) is 1. The number of hydrogen-bond acceptors (Lipinski definition) is 8. The Hall–Kier alpha value is -4.32. The predicted octanol–water partition coefficient (Wildman–Crippen LogP) is 3.40. The number of anilines is 3. The van der Waals surface area contributed by atoms with E-state index in [1.165, 1.54) is 28.2 Å². The van der Waals surface area contributed by atoms with Crippen molar-refractivity contribution in [2.75, 3.05) is 29.0 Å². The fourth-order valence-electron chi connectivity index (χ4n) is 5.52. The van der Waals surface area contributed by atoms with E-state index in [1.807, 2.05) is 17.9 Å². The predicted molar refractivity (Wildman–Crippen MR) is 152 cm³/mol. The fraction of sp³-hybridized carbons (Fsp3) is 0.321. The van der Waals surface area contributed by atoms with Crippen LogP contribution in [0.3, 0.4) is 0 Å². The molecule has 4 aromatic rings. The second kappa shape index (κ2) is 10.3. The van der Waals surface area contributed by atoms with E-state index in [1.54, 1.807) is 30.5 Å². The number of benzene rings is 1. The first-order valence-electron chi connectivity index (χ1n) is 13.1. The Kier molecular flexibility index (Phi) is 6.70. The topological polar surface area (TPSA) is 135 Å². The average molecular weight is 562 g/mol. The lowest BCUT2D eigenvalue weighted by atomic mass is 10.1. The van der Waals surface area contributed by atoms with Crippen LogP contribution in [0.2, 0.25) is 0 Å². The van der Waals surface area contributed by atoms with E-state index in [4.69, 9.17) is 5.73 Å². The summed E-state index contributed by atoms with van der Waals surface area (Å²) in [5.74, 6) is -0.519. The number of aromatic nitrogens is 3. The third-order valence-corrected chi connectivity index (χ3v) is 8.67. The van der Waals surface area contributed by atoms with E-state index in [0.29, 0.717) is 49.8 Å². The van der Waals surface area contributed by atoms with Crippen LogP contribution < -0.4 is 26.8 Å². The first-order chi connectivity index (χ1) is 19.3. The second-order valence-electron chi connectivity index (χ2n) is 10.3. The van der Waals surface area contributed by atoms with Gasteiger partial charge in [-0.2, -0.15) is 0 Å². The molecule has 0 bridgehead atoms. The molecule has 0 aliphatic carbocycles. The van der Waals surface area contributed by atoms with E-state index in [2.05, 4.69) is 20.6 Å². The highest BCUT2D eigenvalue weighted by Gasteiger charge is 2.36. The monoisotopic (exact) mass is 561 g/mol. The van der Waals surface area contributed by atoms with Gasteiger partial charge in [0.25, 0.3) is 5.56 Å². The van der Waals surface area contributed by atoms with Gasteiger partial charge in [-0.25, -0.2) is 14.4 Å². The molecule has 0 saturated carbocycles. The number of hydrogen-bond donors (Lipinski definition) is 3. The molecule has 40 heavy (non-hydrogen) atoms. The summed E-state index contributed by atoms with van der Waals surface area (Å²) in [6.07, 6.45) is 4.02. The number of para-hydroxylation sites is 1. The molecule has 2 aliphatic heterocycles. The van der Waals surface area contributed by atoms with E-state index < -0.39 is 17.5 Å². The molecule has 206 valence electrons. The zero-order valence-corrected chi connectivity index (χ0v) is 22.6. The maximum atomic E-state index is 14.2. The van der Waals surface area contributed by atoms with Gasteiger partial charge in [0.2, 0.25) is 11.8 Å². The molecule has 10 nitrogen and oxygen atoms in total. The number of nitrogens with zero attached hydrogens (tertiary/aromatic N) is 4. The van der Waals surface area contributed by atoms with Crippen LogP contribution in [0.15, 0.2) is 53.6 Å². The van der Waals surface area contributed by atoms with Crippen LogP contribution in [0, 0.1) is 11.7 Å². The minimum atomic E-state index is -0.739. The van der Waals surface area contributed by atoms with Gasteiger partial charge in [0.1, 0.15) is 29.2 Å². The van der Waals surface area contributed by atoms with E-state index in [-0.39, 0.29) is 29.2 Å². The molecule has 0 unspecified atom stereocenters. The highest BCUT2D eigenvalue weighted by Crippen LogP contribution is 2.34. The normalized spacial score (nSPS) is 20.1. The Morgan fingerprint density at radius 1 is 1.18 bits per heavy atom. The van der Waals surface area contributed by atoms with Crippen LogP contribution in [0.4, 0.5) is 21.6 Å². The molecular formula is C28H28FN7O3S. The average Bonchev–Trinajstić information content (AvgIpc) is 3.66. The number of pyridine rings is 1. The van der Waals surface area contributed by atoms with Crippen LogP contribution in [-0.2, 0) is 16.1 Å². The molecule has 4 N–H and O–H groups in total. The Bertz CT molecular complexity index is 1690. The molecular weight excluding hydrogens is 533 g/mol. The summed E-state index contributed by atoms with van der Waals surface area (Å²) in [4.78, 5) is 51.1.